The summed E-state index contributed by atoms with van der Waals surface area (Å²) in [4.78, 5) is 35.2. The van der Waals surface area contributed by atoms with E-state index in [0.29, 0.717) is 47.1 Å². The van der Waals surface area contributed by atoms with Crippen molar-refractivity contribution < 1.29 is 43.5 Å². The number of nitrogens with one attached hydrogen (secondary N) is 3. The summed E-state index contributed by atoms with van der Waals surface area (Å²) in [5, 5.41) is 28.0. The van der Waals surface area contributed by atoms with Gasteiger partial charge in [-0.2, -0.15) is 0 Å². The maximum atomic E-state index is 12.0. The third-order valence-electron chi connectivity index (χ3n) is 6.68. The van der Waals surface area contributed by atoms with Crippen LogP contribution < -0.4 is 34.9 Å². The fourth-order valence-corrected chi connectivity index (χ4v) is 4.78. The van der Waals surface area contributed by atoms with E-state index in [1.165, 1.54) is 32.9 Å². The van der Waals surface area contributed by atoms with Crippen LogP contribution in [0.3, 0.4) is 0 Å². The van der Waals surface area contributed by atoms with Crippen LogP contribution in [0.15, 0.2) is 54.6 Å². The number of rotatable bonds is 7. The molecule has 12 heteroatoms. The van der Waals surface area contributed by atoms with Crippen molar-refractivity contribution in [3.63, 3.8) is 0 Å². The van der Waals surface area contributed by atoms with Crippen molar-refractivity contribution in [2.45, 2.75) is 51.9 Å². The van der Waals surface area contributed by atoms with Gasteiger partial charge in [0.25, 0.3) is 0 Å². The molecule has 2 aliphatic heterocycles. The van der Waals surface area contributed by atoms with E-state index in [0.717, 1.165) is 5.56 Å². The van der Waals surface area contributed by atoms with E-state index in [-0.39, 0.29) is 29.2 Å². The van der Waals surface area contributed by atoms with Gasteiger partial charge in [0.15, 0.2) is 46.7 Å². The van der Waals surface area contributed by atoms with Gasteiger partial charge in [0.1, 0.15) is 0 Å². The summed E-state index contributed by atoms with van der Waals surface area (Å²) in [5.74, 6) is 0.188. The van der Waals surface area contributed by atoms with E-state index in [9.17, 15) is 24.6 Å². The lowest BCUT2D eigenvalue weighted by molar-refractivity contribution is -0.124. The molecule has 0 spiro atoms. The Hall–Kier alpha value is -5.13. The normalized spacial score (nSPS) is 20.3. The minimum absolute atomic E-state index is 0.113. The van der Waals surface area contributed by atoms with Crippen LogP contribution in [0.1, 0.15) is 49.7 Å². The Morgan fingerprint density at radius 3 is 1.83 bits per heavy atom. The molecule has 220 valence electrons. The summed E-state index contributed by atoms with van der Waals surface area (Å²) in [5.41, 5.74) is 2.00. The maximum absolute atomic E-state index is 12.0. The van der Waals surface area contributed by atoms with Crippen molar-refractivity contribution in [2.75, 3.05) is 6.54 Å². The van der Waals surface area contributed by atoms with Gasteiger partial charge in [0.2, 0.25) is 30.2 Å². The van der Waals surface area contributed by atoms with Crippen LogP contribution in [0.4, 0.5) is 0 Å². The number of ether oxygens (including phenoxy) is 4. The van der Waals surface area contributed by atoms with E-state index < -0.39 is 24.7 Å². The minimum Gasteiger partial charge on any atom is -0.504 e. The van der Waals surface area contributed by atoms with Crippen LogP contribution >= 0.6 is 0 Å². The van der Waals surface area contributed by atoms with Crippen LogP contribution in [0.5, 0.6) is 34.5 Å². The quantitative estimate of drug-likeness (QED) is 0.266. The largest absolute Gasteiger partial charge is 0.504 e. The van der Waals surface area contributed by atoms with Gasteiger partial charge in [-0.15, -0.1) is 0 Å². The molecule has 0 saturated heterocycles. The molecule has 2 aliphatic rings. The highest BCUT2D eigenvalue weighted by Crippen LogP contribution is 2.44. The molecule has 5 N–H and O–H groups in total. The molecule has 12 nitrogen and oxygen atoms in total. The highest BCUT2D eigenvalue weighted by molar-refractivity contribution is 5.74. The highest BCUT2D eigenvalue weighted by atomic mass is 16.6. The first-order chi connectivity index (χ1) is 20.1. The summed E-state index contributed by atoms with van der Waals surface area (Å²) in [6.45, 7) is 4.65. The van der Waals surface area contributed by atoms with Crippen LogP contribution in [0.25, 0.3) is 0 Å². The topological polar surface area (TPSA) is 165 Å². The SMILES string of the molecule is CC(=O)NCCc1ccc2c(c1)O[C@H](c1ccc3c(c1)O[C@@H](NC(C)=O)[C@H](c1ccc(O)c(O)c1)O3)[C@@H](NC(C)=O)O2. The second kappa shape index (κ2) is 11.8. The molecule has 42 heavy (non-hydrogen) atoms. The average molecular weight is 578 g/mol. The lowest BCUT2D eigenvalue weighted by Gasteiger charge is -2.37. The van der Waals surface area contributed by atoms with Gasteiger partial charge in [-0.1, -0.05) is 18.2 Å². The van der Waals surface area contributed by atoms with Crippen LogP contribution in [0.2, 0.25) is 0 Å². The number of hydrogen-bond acceptors (Lipinski definition) is 9. The number of phenolic OH excluding ortho intramolecular Hbond substituents is 2. The summed E-state index contributed by atoms with van der Waals surface area (Å²) >= 11 is 0. The fraction of sp³-hybridized carbons (Fsp3) is 0.300. The number of fused-ring (bicyclic) bond motifs is 2. The second-order valence-corrected chi connectivity index (χ2v) is 10.0. The van der Waals surface area contributed by atoms with Gasteiger partial charge in [-0.05, 0) is 48.4 Å². The van der Waals surface area contributed by atoms with Crippen LogP contribution in [-0.2, 0) is 20.8 Å². The molecule has 0 unspecified atom stereocenters. The second-order valence-electron chi connectivity index (χ2n) is 10.0. The zero-order valence-electron chi connectivity index (χ0n) is 23.2. The monoisotopic (exact) mass is 577 g/mol. The Kier molecular flexibility index (Phi) is 7.96. The highest BCUT2D eigenvalue weighted by Gasteiger charge is 2.38. The molecule has 3 aromatic carbocycles. The number of phenols is 2. The van der Waals surface area contributed by atoms with Gasteiger partial charge in [-0.25, -0.2) is 0 Å². The molecular weight excluding hydrogens is 546 g/mol. The molecule has 2 heterocycles. The predicted molar refractivity (Wildman–Crippen MR) is 148 cm³/mol. The van der Waals surface area contributed by atoms with E-state index in [2.05, 4.69) is 16.0 Å². The summed E-state index contributed by atoms with van der Waals surface area (Å²) in [7, 11) is 0. The molecule has 0 fully saturated rings. The Balaban J connectivity index is 1.44. The average Bonchev–Trinajstić information content (AvgIpc) is 2.93. The smallest absolute Gasteiger partial charge is 0.219 e. The first kappa shape index (κ1) is 28.4. The molecule has 0 bridgehead atoms. The van der Waals surface area contributed by atoms with Gasteiger partial charge in [0, 0.05) is 38.4 Å². The Morgan fingerprint density at radius 2 is 1.19 bits per heavy atom. The van der Waals surface area contributed by atoms with E-state index in [1.54, 1.807) is 30.3 Å². The first-order valence-electron chi connectivity index (χ1n) is 13.3. The zero-order chi connectivity index (χ0) is 30.0. The van der Waals surface area contributed by atoms with Crippen LogP contribution in [-0.4, -0.2) is 46.9 Å². The maximum Gasteiger partial charge on any atom is 0.219 e. The van der Waals surface area contributed by atoms with Crippen molar-refractivity contribution in [1.29, 1.82) is 0 Å². The van der Waals surface area contributed by atoms with Crippen molar-refractivity contribution in [3.8, 4) is 34.5 Å². The Morgan fingerprint density at radius 1 is 0.643 bits per heavy atom. The molecule has 3 amide bonds. The number of aromatic hydroxyl groups is 2. The molecule has 0 aromatic heterocycles. The third-order valence-corrected chi connectivity index (χ3v) is 6.68. The van der Waals surface area contributed by atoms with Gasteiger partial charge in [-0.3, -0.25) is 14.4 Å². The molecule has 0 radical (unpaired) electrons. The summed E-state index contributed by atoms with van der Waals surface area (Å²) in [6, 6.07) is 14.8. The van der Waals surface area contributed by atoms with Gasteiger partial charge in [0.05, 0.1) is 0 Å². The number of carbonyl (C=O) groups is 3. The van der Waals surface area contributed by atoms with E-state index in [1.807, 2.05) is 12.1 Å². The molecular formula is C30H31N3O9. The van der Waals surface area contributed by atoms with Crippen molar-refractivity contribution >= 4 is 17.7 Å². The molecule has 3 aromatic rings. The summed E-state index contributed by atoms with van der Waals surface area (Å²) in [6.07, 6.45) is -2.84. The Bertz CT molecular complexity index is 1530. The standard InChI is InChI=1S/C30H31N3O9/c1-15(34)31-11-10-18-4-8-24-25(12-18)40-28(29(41-24)32-16(2)35)20-6-9-23-26(14-20)42-30(33-17(3)36)27(39-23)19-5-7-21(37)22(38)13-19/h4-9,12-14,27-30,37-38H,10-11H2,1-3H3,(H,31,34)(H,32,35)(H,33,36)/t27-,28+,29-,30+/m0/s1. The van der Waals surface area contributed by atoms with Crippen molar-refractivity contribution in [1.82, 2.24) is 16.0 Å². The van der Waals surface area contributed by atoms with Gasteiger partial charge >= 0.3 is 0 Å². The lowest BCUT2D eigenvalue weighted by Crippen LogP contribution is -2.47. The minimum atomic E-state index is -0.962. The number of hydrogen-bond donors (Lipinski definition) is 5. The van der Waals surface area contributed by atoms with Gasteiger partial charge < -0.3 is 45.1 Å². The van der Waals surface area contributed by atoms with E-state index in [4.69, 9.17) is 18.9 Å². The third kappa shape index (κ3) is 6.27. The first-order valence-corrected chi connectivity index (χ1v) is 13.3. The number of carbonyl (C=O) groups excluding carboxylic acids is 3. The van der Waals surface area contributed by atoms with E-state index >= 15 is 0 Å². The Labute approximate surface area is 241 Å². The zero-order valence-corrected chi connectivity index (χ0v) is 23.2. The number of amides is 3. The van der Waals surface area contributed by atoms with Crippen molar-refractivity contribution in [3.05, 3.63) is 71.3 Å². The molecule has 0 aliphatic carbocycles. The molecule has 4 atom stereocenters. The molecule has 0 saturated carbocycles. The van der Waals surface area contributed by atoms with Crippen molar-refractivity contribution in [2.24, 2.45) is 0 Å². The predicted octanol–water partition coefficient (Wildman–Crippen LogP) is 2.73. The molecule has 5 rings (SSSR count). The summed E-state index contributed by atoms with van der Waals surface area (Å²) < 4.78 is 24.8. The van der Waals surface area contributed by atoms with Crippen LogP contribution in [0, 0.1) is 0 Å². The fourth-order valence-electron chi connectivity index (χ4n) is 4.78. The number of benzene rings is 3. The lowest BCUT2D eigenvalue weighted by atomic mass is 10.0.